The molecule has 0 aliphatic carbocycles. The van der Waals surface area contributed by atoms with Crippen molar-refractivity contribution in [2.24, 2.45) is 7.05 Å². The number of unbranched alkanes of at least 4 members (excludes halogenated alkanes) is 7. The van der Waals surface area contributed by atoms with Crippen molar-refractivity contribution in [1.29, 1.82) is 0 Å². The summed E-state index contributed by atoms with van der Waals surface area (Å²) in [6, 6.07) is 4.01. The van der Waals surface area contributed by atoms with Gasteiger partial charge in [0, 0.05) is 24.6 Å². The Balaban J connectivity index is 1.99. The molecule has 2 aromatic rings. The summed E-state index contributed by atoms with van der Waals surface area (Å²) < 4.78 is 6.83. The molecule has 0 saturated heterocycles. The number of aryl methyl sites for hydroxylation is 1. The van der Waals surface area contributed by atoms with Crippen LogP contribution in [0.1, 0.15) is 58.3 Å². The van der Waals surface area contributed by atoms with Crippen LogP contribution in [0.2, 0.25) is 0 Å². The minimum Gasteiger partial charge on any atom is -0.504 e. The van der Waals surface area contributed by atoms with Gasteiger partial charge in [-0.2, -0.15) is 0 Å². The molecule has 1 aromatic carbocycles. The summed E-state index contributed by atoms with van der Waals surface area (Å²) in [6.07, 6.45) is 9.25. The lowest BCUT2D eigenvalue weighted by Gasteiger charge is -2.12. The van der Waals surface area contributed by atoms with E-state index >= 15 is 0 Å². The lowest BCUT2D eigenvalue weighted by molar-refractivity contribution is -0.384. The maximum Gasteiger partial charge on any atom is 0.297 e. The first kappa shape index (κ1) is 20.7. The number of nitro benzene ring substituents is 1. The predicted molar refractivity (Wildman–Crippen MR) is 106 cm³/mol. The van der Waals surface area contributed by atoms with Gasteiger partial charge < -0.3 is 14.4 Å². The number of aromatic hydroxyl groups is 1. The van der Waals surface area contributed by atoms with Crippen molar-refractivity contribution in [2.75, 3.05) is 6.61 Å². The molecule has 1 N–H and O–H groups in total. The van der Waals surface area contributed by atoms with Crippen molar-refractivity contribution in [3.05, 3.63) is 38.7 Å². The Morgan fingerprint density at radius 3 is 2.37 bits per heavy atom. The highest BCUT2D eigenvalue weighted by molar-refractivity contribution is 5.89. The average molecular weight is 376 g/mol. The summed E-state index contributed by atoms with van der Waals surface area (Å²) >= 11 is 0. The van der Waals surface area contributed by atoms with Gasteiger partial charge in [0.15, 0.2) is 5.75 Å². The van der Waals surface area contributed by atoms with Crippen LogP contribution in [0.5, 0.6) is 11.5 Å². The highest BCUT2D eigenvalue weighted by Gasteiger charge is 2.18. The quantitative estimate of drug-likeness (QED) is 0.349. The fourth-order valence-corrected chi connectivity index (χ4v) is 3.14. The summed E-state index contributed by atoms with van der Waals surface area (Å²) in [5.41, 5.74) is -0.337. The first-order valence-electron chi connectivity index (χ1n) is 9.60. The third kappa shape index (κ3) is 5.21. The second kappa shape index (κ2) is 9.94. The zero-order valence-corrected chi connectivity index (χ0v) is 16.1. The zero-order valence-electron chi connectivity index (χ0n) is 16.1. The van der Waals surface area contributed by atoms with Crippen LogP contribution in [0.4, 0.5) is 5.69 Å². The number of non-ortho nitro benzene ring substituents is 1. The number of fused-ring (bicyclic) bond motifs is 1. The Labute approximate surface area is 158 Å². The zero-order chi connectivity index (χ0) is 19.8. The fraction of sp³-hybridized carbons (Fsp3) is 0.550. The highest BCUT2D eigenvalue weighted by Crippen LogP contribution is 2.33. The molecule has 7 nitrogen and oxygen atoms in total. The van der Waals surface area contributed by atoms with E-state index in [1.807, 2.05) is 0 Å². The summed E-state index contributed by atoms with van der Waals surface area (Å²) in [5.74, 6) is -0.357. The van der Waals surface area contributed by atoms with Crippen molar-refractivity contribution < 1.29 is 14.8 Å². The maximum atomic E-state index is 12.5. The Morgan fingerprint density at radius 1 is 1.11 bits per heavy atom. The van der Waals surface area contributed by atoms with Gasteiger partial charge in [0.1, 0.15) is 0 Å². The molecule has 27 heavy (non-hydrogen) atoms. The van der Waals surface area contributed by atoms with Crippen LogP contribution in [0, 0.1) is 10.1 Å². The fourth-order valence-electron chi connectivity index (χ4n) is 3.14. The van der Waals surface area contributed by atoms with Crippen molar-refractivity contribution >= 4 is 16.6 Å². The minimum absolute atomic E-state index is 0.0956. The van der Waals surface area contributed by atoms with Crippen LogP contribution in [-0.4, -0.2) is 21.2 Å². The molecular formula is C20H28N2O5. The molecule has 0 fully saturated rings. The monoisotopic (exact) mass is 376 g/mol. The molecule has 7 heteroatoms. The third-order valence-corrected chi connectivity index (χ3v) is 4.77. The molecule has 0 saturated carbocycles. The number of rotatable bonds is 11. The molecular weight excluding hydrogens is 348 g/mol. The van der Waals surface area contributed by atoms with Crippen LogP contribution in [0.25, 0.3) is 10.9 Å². The number of hydrogen-bond acceptors (Lipinski definition) is 5. The second-order valence-electron chi connectivity index (χ2n) is 6.82. The average Bonchev–Trinajstić information content (AvgIpc) is 2.66. The first-order chi connectivity index (χ1) is 13.0. The molecule has 0 aliphatic heterocycles. The molecule has 0 aliphatic rings. The Morgan fingerprint density at radius 2 is 1.74 bits per heavy atom. The molecule has 1 aromatic heterocycles. The van der Waals surface area contributed by atoms with Crippen LogP contribution < -0.4 is 10.3 Å². The molecule has 148 valence electrons. The molecule has 0 unspecified atom stereocenters. The normalized spacial score (nSPS) is 11.0. The van der Waals surface area contributed by atoms with E-state index in [1.54, 1.807) is 0 Å². The Hall–Kier alpha value is -2.57. The smallest absolute Gasteiger partial charge is 0.297 e. The van der Waals surface area contributed by atoms with Gasteiger partial charge in [-0.1, -0.05) is 51.9 Å². The van der Waals surface area contributed by atoms with Crippen molar-refractivity contribution in [3.63, 3.8) is 0 Å². The van der Waals surface area contributed by atoms with Crippen molar-refractivity contribution in [1.82, 2.24) is 4.57 Å². The number of aromatic nitrogens is 1. The van der Waals surface area contributed by atoms with Gasteiger partial charge >= 0.3 is 0 Å². The first-order valence-corrected chi connectivity index (χ1v) is 9.60. The van der Waals surface area contributed by atoms with Crippen LogP contribution >= 0.6 is 0 Å². The van der Waals surface area contributed by atoms with E-state index in [0.29, 0.717) is 17.5 Å². The Bertz CT molecular complexity index is 844. The maximum absolute atomic E-state index is 12.5. The number of nitrogens with zero attached hydrogens (tertiary/aromatic N) is 2. The van der Waals surface area contributed by atoms with Crippen molar-refractivity contribution in [2.45, 2.75) is 58.3 Å². The lowest BCUT2D eigenvalue weighted by atomic mass is 10.1. The minimum atomic E-state index is -0.534. The predicted octanol–water partition coefficient (Wildman–Crippen LogP) is 4.67. The van der Waals surface area contributed by atoms with E-state index < -0.39 is 10.5 Å². The van der Waals surface area contributed by atoms with E-state index in [4.69, 9.17) is 4.74 Å². The molecule has 1 heterocycles. The van der Waals surface area contributed by atoms with E-state index in [1.165, 1.54) is 61.9 Å². The Kier molecular flexibility index (Phi) is 7.64. The largest absolute Gasteiger partial charge is 0.504 e. The van der Waals surface area contributed by atoms with E-state index in [-0.39, 0.29) is 17.2 Å². The van der Waals surface area contributed by atoms with Crippen LogP contribution in [0.15, 0.2) is 23.0 Å². The summed E-state index contributed by atoms with van der Waals surface area (Å²) in [6.45, 7) is 2.56. The highest BCUT2D eigenvalue weighted by atomic mass is 16.6. The van der Waals surface area contributed by atoms with Gasteiger partial charge in [-0.3, -0.25) is 14.9 Å². The SMILES string of the molecule is CCCCCCCCCCOc1c(O)c2ccc([N+](=O)[O-])cc2n(C)c1=O. The molecule has 0 radical (unpaired) electrons. The van der Waals surface area contributed by atoms with E-state index in [0.717, 1.165) is 19.3 Å². The third-order valence-electron chi connectivity index (χ3n) is 4.77. The number of nitro groups is 1. The summed E-state index contributed by atoms with van der Waals surface area (Å²) in [4.78, 5) is 22.9. The number of benzene rings is 1. The molecule has 0 atom stereocenters. The van der Waals surface area contributed by atoms with E-state index in [9.17, 15) is 20.0 Å². The summed E-state index contributed by atoms with van der Waals surface area (Å²) in [5, 5.41) is 21.7. The van der Waals surface area contributed by atoms with Gasteiger partial charge in [-0.05, 0) is 12.5 Å². The van der Waals surface area contributed by atoms with Gasteiger partial charge in [0.05, 0.1) is 17.0 Å². The van der Waals surface area contributed by atoms with Crippen molar-refractivity contribution in [3.8, 4) is 11.5 Å². The molecule has 0 bridgehead atoms. The summed E-state index contributed by atoms with van der Waals surface area (Å²) in [7, 11) is 1.51. The molecule has 0 amide bonds. The van der Waals surface area contributed by atoms with Crippen LogP contribution in [-0.2, 0) is 7.05 Å². The number of ether oxygens (including phenoxy) is 1. The second-order valence-corrected chi connectivity index (χ2v) is 6.82. The topological polar surface area (TPSA) is 94.6 Å². The van der Waals surface area contributed by atoms with Crippen LogP contribution in [0.3, 0.4) is 0 Å². The standard InChI is InChI=1S/C20H28N2O5/c1-3-4-5-6-7-8-9-10-13-27-19-18(23)16-12-11-15(22(25)26)14-17(16)21(2)20(19)24/h11-12,14,23H,3-10,13H2,1-2H3. The molecule has 0 spiro atoms. The van der Waals surface area contributed by atoms with Gasteiger partial charge in [-0.15, -0.1) is 0 Å². The van der Waals surface area contributed by atoms with Gasteiger partial charge in [0.25, 0.3) is 11.2 Å². The van der Waals surface area contributed by atoms with Gasteiger partial charge in [-0.25, -0.2) is 0 Å². The van der Waals surface area contributed by atoms with E-state index in [2.05, 4.69) is 6.92 Å². The number of pyridine rings is 1. The van der Waals surface area contributed by atoms with Gasteiger partial charge in [0.2, 0.25) is 5.75 Å². The molecule has 2 rings (SSSR count). The lowest BCUT2D eigenvalue weighted by Crippen LogP contribution is -2.20. The number of hydrogen-bond donors (Lipinski definition) is 1.